The first kappa shape index (κ1) is 13.8. The molecule has 2 nitrogen and oxygen atoms in total. The molecular weight excluding hydrogens is 257 g/mol. The molecule has 0 heterocycles. The molecule has 0 aliphatic carbocycles. The maximum absolute atomic E-state index is 12.7. The van der Waals surface area contributed by atoms with Gasteiger partial charge >= 0.3 is 6.18 Å². The number of Topliss-reactive ketones (excluding diaryl/α,β-unsaturated/α-hetero) is 1. The van der Waals surface area contributed by atoms with Crippen molar-refractivity contribution in [1.29, 1.82) is 0 Å². The number of halogens is 4. The molecule has 0 amide bonds. The molecule has 94 valence electrons. The normalized spacial score (nSPS) is 11.4. The van der Waals surface area contributed by atoms with Crippen molar-refractivity contribution in [3.05, 3.63) is 28.3 Å². The number of hydrogen-bond donors (Lipinski definition) is 0. The maximum Gasteiger partial charge on any atom is 0.420 e. The molecule has 17 heavy (non-hydrogen) atoms. The zero-order chi connectivity index (χ0) is 13.2. The maximum atomic E-state index is 12.7. The molecule has 0 saturated carbocycles. The number of rotatable bonds is 3. The monoisotopic (exact) mass is 266 g/mol. The van der Waals surface area contributed by atoms with Crippen molar-refractivity contribution < 1.29 is 22.7 Å². The highest BCUT2D eigenvalue weighted by atomic mass is 35.5. The topological polar surface area (TPSA) is 26.3 Å². The van der Waals surface area contributed by atoms with E-state index in [0.717, 1.165) is 12.1 Å². The summed E-state index contributed by atoms with van der Waals surface area (Å²) in [7, 11) is 0. The highest BCUT2D eigenvalue weighted by Gasteiger charge is 2.36. The van der Waals surface area contributed by atoms with E-state index in [2.05, 4.69) is 0 Å². The van der Waals surface area contributed by atoms with Crippen LogP contribution in [0.3, 0.4) is 0 Å². The number of carbonyl (C=O) groups is 1. The van der Waals surface area contributed by atoms with Gasteiger partial charge in [-0.3, -0.25) is 4.79 Å². The number of carbonyl (C=O) groups excluding carboxylic acids is 1. The van der Waals surface area contributed by atoms with Gasteiger partial charge in [0.05, 0.1) is 17.2 Å². The Morgan fingerprint density at radius 3 is 2.41 bits per heavy atom. The Hall–Kier alpha value is -1.23. The van der Waals surface area contributed by atoms with Crippen LogP contribution in [-0.2, 0) is 6.18 Å². The summed E-state index contributed by atoms with van der Waals surface area (Å²) in [5, 5.41) is -0.297. The first-order valence-electron chi connectivity index (χ1n) is 4.82. The summed E-state index contributed by atoms with van der Waals surface area (Å²) in [5.74, 6) is -0.904. The lowest BCUT2D eigenvalue weighted by atomic mass is 10.1. The molecule has 0 fully saturated rings. The molecule has 0 radical (unpaired) electrons. The number of ether oxygens (including phenoxy) is 1. The van der Waals surface area contributed by atoms with Crippen molar-refractivity contribution in [3.63, 3.8) is 0 Å². The van der Waals surface area contributed by atoms with Crippen molar-refractivity contribution in [2.75, 3.05) is 6.61 Å². The predicted octanol–water partition coefficient (Wildman–Crippen LogP) is 3.96. The lowest BCUT2D eigenvalue weighted by Gasteiger charge is -2.15. The van der Waals surface area contributed by atoms with Gasteiger partial charge in [0.15, 0.2) is 11.5 Å². The van der Waals surface area contributed by atoms with E-state index in [-0.39, 0.29) is 17.2 Å². The van der Waals surface area contributed by atoms with Crippen molar-refractivity contribution >= 4 is 17.4 Å². The van der Waals surface area contributed by atoms with E-state index in [1.54, 1.807) is 0 Å². The third kappa shape index (κ3) is 2.91. The van der Waals surface area contributed by atoms with Gasteiger partial charge in [0.2, 0.25) is 0 Å². The average molecular weight is 267 g/mol. The van der Waals surface area contributed by atoms with E-state index in [9.17, 15) is 18.0 Å². The average Bonchev–Trinajstić information content (AvgIpc) is 2.18. The van der Waals surface area contributed by atoms with Crippen LogP contribution in [0.5, 0.6) is 5.75 Å². The van der Waals surface area contributed by atoms with E-state index in [1.165, 1.54) is 13.8 Å². The Kier molecular flexibility index (Phi) is 4.03. The second-order valence-corrected chi connectivity index (χ2v) is 3.67. The molecule has 6 heteroatoms. The lowest BCUT2D eigenvalue weighted by molar-refractivity contribution is -0.138. The van der Waals surface area contributed by atoms with Gasteiger partial charge in [0.1, 0.15) is 0 Å². The van der Waals surface area contributed by atoms with Gasteiger partial charge in [-0.1, -0.05) is 11.6 Å². The van der Waals surface area contributed by atoms with Gasteiger partial charge in [0.25, 0.3) is 0 Å². The van der Waals surface area contributed by atoms with Gasteiger partial charge < -0.3 is 4.74 Å². The minimum atomic E-state index is -4.57. The molecule has 0 aromatic heterocycles. The molecule has 0 spiro atoms. The molecule has 0 saturated heterocycles. The first-order chi connectivity index (χ1) is 7.79. The number of ketones is 1. The zero-order valence-corrected chi connectivity index (χ0v) is 9.95. The largest absolute Gasteiger partial charge is 0.492 e. The van der Waals surface area contributed by atoms with E-state index in [4.69, 9.17) is 16.3 Å². The van der Waals surface area contributed by atoms with Crippen molar-refractivity contribution in [2.45, 2.75) is 20.0 Å². The molecule has 0 N–H and O–H groups in total. The predicted molar refractivity (Wildman–Crippen MR) is 57.6 cm³/mol. The summed E-state index contributed by atoms with van der Waals surface area (Å²) in [5.41, 5.74) is -0.961. The van der Waals surface area contributed by atoms with Crippen molar-refractivity contribution in [2.24, 2.45) is 0 Å². The fourth-order valence-electron chi connectivity index (χ4n) is 1.34. The summed E-state index contributed by atoms with van der Waals surface area (Å²) in [6, 6.07) is 1.85. The van der Waals surface area contributed by atoms with Gasteiger partial charge in [-0.25, -0.2) is 0 Å². The smallest absolute Gasteiger partial charge is 0.420 e. The van der Waals surface area contributed by atoms with Crippen LogP contribution in [0.2, 0.25) is 5.02 Å². The van der Waals surface area contributed by atoms with Gasteiger partial charge in [0, 0.05) is 5.56 Å². The van der Waals surface area contributed by atoms with E-state index >= 15 is 0 Å². The summed E-state index contributed by atoms with van der Waals surface area (Å²) in [6.45, 7) is 2.80. The van der Waals surface area contributed by atoms with Crippen molar-refractivity contribution in [1.82, 2.24) is 0 Å². The Balaban J connectivity index is 3.45. The highest BCUT2D eigenvalue weighted by Crippen LogP contribution is 2.41. The highest BCUT2D eigenvalue weighted by molar-refractivity contribution is 6.35. The van der Waals surface area contributed by atoms with Crippen LogP contribution in [0.25, 0.3) is 0 Å². The van der Waals surface area contributed by atoms with Gasteiger partial charge in [-0.05, 0) is 26.0 Å². The molecule has 1 rings (SSSR count). The summed E-state index contributed by atoms with van der Waals surface area (Å²) < 4.78 is 42.9. The van der Waals surface area contributed by atoms with E-state index in [1.807, 2.05) is 0 Å². The quantitative estimate of drug-likeness (QED) is 0.774. The van der Waals surface area contributed by atoms with Gasteiger partial charge in [-0.2, -0.15) is 13.2 Å². The first-order valence-corrected chi connectivity index (χ1v) is 5.20. The van der Waals surface area contributed by atoms with Crippen LogP contribution in [-0.4, -0.2) is 12.4 Å². The molecule has 0 atom stereocenters. The summed E-state index contributed by atoms with van der Waals surface area (Å²) in [6.07, 6.45) is -4.57. The van der Waals surface area contributed by atoms with E-state index < -0.39 is 23.3 Å². The van der Waals surface area contributed by atoms with Crippen LogP contribution in [0.15, 0.2) is 12.1 Å². The Morgan fingerprint density at radius 1 is 1.41 bits per heavy atom. The van der Waals surface area contributed by atoms with Crippen LogP contribution >= 0.6 is 11.6 Å². The van der Waals surface area contributed by atoms with Gasteiger partial charge in [-0.15, -0.1) is 0 Å². The minimum Gasteiger partial charge on any atom is -0.492 e. The SMILES string of the molecule is CCOc1c(C(F)(F)F)ccc(C(C)=O)c1Cl. The second-order valence-electron chi connectivity index (χ2n) is 3.29. The van der Waals surface area contributed by atoms with Crippen LogP contribution in [0.1, 0.15) is 29.8 Å². The molecular formula is C11H10ClF3O2. The molecule has 0 bridgehead atoms. The standard InChI is InChI=1S/C11H10ClF3O2/c1-3-17-10-8(11(13,14)15)5-4-7(6(2)16)9(10)12/h4-5H,3H2,1-2H3. The number of hydrogen-bond acceptors (Lipinski definition) is 2. The Bertz CT molecular complexity index is 441. The van der Waals surface area contributed by atoms with Crippen LogP contribution in [0, 0.1) is 0 Å². The number of alkyl halides is 3. The molecule has 0 unspecified atom stereocenters. The zero-order valence-electron chi connectivity index (χ0n) is 9.19. The number of benzene rings is 1. The fraction of sp³-hybridized carbons (Fsp3) is 0.364. The Labute approximate surface area is 101 Å². The molecule has 1 aromatic carbocycles. The summed E-state index contributed by atoms with van der Waals surface area (Å²) >= 11 is 5.75. The van der Waals surface area contributed by atoms with Crippen molar-refractivity contribution in [3.8, 4) is 5.75 Å². The minimum absolute atomic E-state index is 0.0168. The van der Waals surface area contributed by atoms with Crippen LogP contribution in [0.4, 0.5) is 13.2 Å². The fourth-order valence-corrected chi connectivity index (χ4v) is 1.69. The molecule has 0 aliphatic rings. The third-order valence-corrected chi connectivity index (χ3v) is 2.45. The van der Waals surface area contributed by atoms with E-state index in [0.29, 0.717) is 0 Å². The molecule has 0 aliphatic heterocycles. The second kappa shape index (κ2) is 4.96. The van der Waals surface area contributed by atoms with Crippen LogP contribution < -0.4 is 4.74 Å². The summed E-state index contributed by atoms with van der Waals surface area (Å²) in [4.78, 5) is 11.2. The lowest BCUT2D eigenvalue weighted by Crippen LogP contribution is -2.10. The third-order valence-electron chi connectivity index (χ3n) is 2.07. The Morgan fingerprint density at radius 2 is 2.00 bits per heavy atom. The molecule has 1 aromatic rings.